The lowest BCUT2D eigenvalue weighted by molar-refractivity contribution is -0.119. The van der Waals surface area contributed by atoms with Crippen molar-refractivity contribution in [2.24, 2.45) is 11.8 Å². The minimum absolute atomic E-state index is 0. The van der Waals surface area contributed by atoms with Gasteiger partial charge < -0.3 is 15.4 Å². The molecule has 2 amide bonds. The van der Waals surface area contributed by atoms with E-state index in [-0.39, 0.29) is 35.8 Å². The van der Waals surface area contributed by atoms with Gasteiger partial charge in [-0.2, -0.15) is 5.26 Å². The van der Waals surface area contributed by atoms with Gasteiger partial charge in [0, 0.05) is 37.0 Å². The first kappa shape index (κ1) is 18.5. The third-order valence-corrected chi connectivity index (χ3v) is 5.60. The Morgan fingerprint density at radius 3 is 2.81 bits per heavy atom. The molecular formula is C18H21ClN4O3. The van der Waals surface area contributed by atoms with E-state index in [1.54, 1.807) is 4.90 Å². The zero-order chi connectivity index (χ0) is 17.6. The van der Waals surface area contributed by atoms with Crippen LogP contribution in [0.3, 0.4) is 0 Å². The van der Waals surface area contributed by atoms with E-state index in [1.807, 2.05) is 24.3 Å². The second-order valence-corrected chi connectivity index (χ2v) is 6.98. The summed E-state index contributed by atoms with van der Waals surface area (Å²) in [5.74, 6) is 0.329. The molecule has 1 aromatic rings. The predicted molar refractivity (Wildman–Crippen MR) is 97.1 cm³/mol. The normalized spacial score (nSPS) is 31.5. The topological polar surface area (TPSA) is 94.5 Å². The second kappa shape index (κ2) is 6.78. The zero-order valence-electron chi connectivity index (χ0n) is 14.4. The molecule has 3 aliphatic rings. The number of cyclic esters (lactones) is 1. The van der Waals surface area contributed by atoms with Gasteiger partial charge in [0.1, 0.15) is 6.10 Å². The number of halogens is 1. The Morgan fingerprint density at radius 1 is 1.46 bits per heavy atom. The third kappa shape index (κ3) is 2.79. The predicted octanol–water partition coefficient (Wildman–Crippen LogP) is 1.18. The van der Waals surface area contributed by atoms with Crippen LogP contribution in [-0.2, 0) is 14.9 Å². The molecule has 4 rings (SSSR count). The molecule has 8 heteroatoms. The summed E-state index contributed by atoms with van der Waals surface area (Å²) in [5.41, 5.74) is 1.86. The summed E-state index contributed by atoms with van der Waals surface area (Å²) in [6.45, 7) is 3.89. The van der Waals surface area contributed by atoms with Crippen molar-refractivity contribution in [2.45, 2.75) is 18.4 Å². The maximum absolute atomic E-state index is 12.1. The lowest BCUT2D eigenvalue weighted by Crippen LogP contribution is -2.33. The number of carbonyl (C=O) groups is 2. The first-order valence-electron chi connectivity index (χ1n) is 8.49. The van der Waals surface area contributed by atoms with E-state index in [4.69, 9.17) is 4.74 Å². The van der Waals surface area contributed by atoms with Crippen molar-refractivity contribution in [1.29, 1.82) is 5.26 Å². The van der Waals surface area contributed by atoms with Gasteiger partial charge in [0.25, 0.3) is 0 Å². The van der Waals surface area contributed by atoms with Crippen LogP contribution in [0.25, 0.3) is 0 Å². The molecule has 2 aliphatic heterocycles. The van der Waals surface area contributed by atoms with E-state index in [0.717, 1.165) is 24.3 Å². The number of amides is 2. The van der Waals surface area contributed by atoms with Gasteiger partial charge in [0.15, 0.2) is 0 Å². The minimum atomic E-state index is -0.400. The molecule has 4 atom stereocenters. The Bertz CT molecular complexity index is 763. The smallest absolute Gasteiger partial charge is 0.414 e. The van der Waals surface area contributed by atoms with Gasteiger partial charge in [-0.1, -0.05) is 12.1 Å². The molecular weight excluding hydrogens is 356 g/mol. The van der Waals surface area contributed by atoms with E-state index in [9.17, 15) is 14.9 Å². The molecule has 0 bridgehead atoms. The number of anilines is 1. The Kier molecular flexibility index (Phi) is 4.82. The standard InChI is InChI=1S/C18H20N4O3.ClH/c1-11(23)21-7-14-9-22(17(24)25-14)13-4-2-12(3-5-13)18-10-20-8-16(18)15(18)6-19;/h2-5,14-16,20H,7-10H2,1H3,(H,21,23);1H/t14-,15?,16?,18?;/m0./s1. The molecule has 2 heterocycles. The van der Waals surface area contributed by atoms with Gasteiger partial charge >= 0.3 is 6.09 Å². The van der Waals surface area contributed by atoms with Crippen molar-refractivity contribution in [2.75, 3.05) is 31.1 Å². The summed E-state index contributed by atoms with van der Waals surface area (Å²) < 4.78 is 5.29. The van der Waals surface area contributed by atoms with Crippen molar-refractivity contribution in [3.8, 4) is 6.07 Å². The first-order chi connectivity index (χ1) is 12.1. The van der Waals surface area contributed by atoms with Gasteiger partial charge in [-0.25, -0.2) is 4.79 Å². The Hall–Kier alpha value is -2.30. The molecule has 26 heavy (non-hydrogen) atoms. The number of ether oxygens (including phenoxy) is 1. The average Bonchev–Trinajstić information content (AvgIpc) is 2.89. The average molecular weight is 377 g/mol. The Balaban J connectivity index is 0.00000196. The summed E-state index contributed by atoms with van der Waals surface area (Å²) in [6.07, 6.45) is -0.743. The number of rotatable bonds is 4. The second-order valence-electron chi connectivity index (χ2n) is 6.98. The molecule has 2 N–H and O–H groups in total. The van der Waals surface area contributed by atoms with Crippen LogP contribution in [0.4, 0.5) is 10.5 Å². The molecule has 138 valence electrons. The third-order valence-electron chi connectivity index (χ3n) is 5.60. The lowest BCUT2D eigenvalue weighted by Gasteiger charge is -2.17. The van der Waals surface area contributed by atoms with Crippen molar-refractivity contribution in [3.63, 3.8) is 0 Å². The van der Waals surface area contributed by atoms with Crippen molar-refractivity contribution >= 4 is 30.1 Å². The number of nitriles is 1. The van der Waals surface area contributed by atoms with Crippen LogP contribution < -0.4 is 15.5 Å². The molecule has 1 saturated carbocycles. The molecule has 2 saturated heterocycles. The van der Waals surface area contributed by atoms with E-state index < -0.39 is 6.09 Å². The number of hydrogen-bond donors (Lipinski definition) is 2. The van der Waals surface area contributed by atoms with Crippen LogP contribution in [0.2, 0.25) is 0 Å². The van der Waals surface area contributed by atoms with Crippen LogP contribution in [0, 0.1) is 23.2 Å². The highest BCUT2D eigenvalue weighted by molar-refractivity contribution is 5.89. The number of hydrogen-bond acceptors (Lipinski definition) is 5. The quantitative estimate of drug-likeness (QED) is 0.822. The van der Waals surface area contributed by atoms with Gasteiger partial charge in [0.2, 0.25) is 5.91 Å². The van der Waals surface area contributed by atoms with Crippen LogP contribution >= 0.6 is 12.4 Å². The number of fused-ring (bicyclic) bond motifs is 1. The number of nitrogens with zero attached hydrogens (tertiary/aromatic N) is 2. The van der Waals surface area contributed by atoms with E-state index in [1.165, 1.54) is 6.92 Å². The SMILES string of the molecule is CC(=O)NC[C@H]1CN(c2ccc(C34CNCC3C4C#N)cc2)C(=O)O1.Cl. The minimum Gasteiger partial charge on any atom is -0.442 e. The largest absolute Gasteiger partial charge is 0.442 e. The molecule has 0 radical (unpaired) electrons. The van der Waals surface area contributed by atoms with Crippen LogP contribution in [0.15, 0.2) is 24.3 Å². The summed E-state index contributed by atoms with van der Waals surface area (Å²) >= 11 is 0. The summed E-state index contributed by atoms with van der Waals surface area (Å²) in [4.78, 5) is 24.6. The molecule has 7 nitrogen and oxygen atoms in total. The molecule has 0 aromatic heterocycles. The fourth-order valence-electron chi connectivity index (χ4n) is 4.24. The number of carbonyl (C=O) groups excluding carboxylic acids is 2. The van der Waals surface area contributed by atoms with Crippen molar-refractivity contribution < 1.29 is 14.3 Å². The van der Waals surface area contributed by atoms with Gasteiger partial charge in [0.05, 0.1) is 25.1 Å². The number of benzene rings is 1. The molecule has 3 fully saturated rings. The van der Waals surface area contributed by atoms with Crippen LogP contribution in [-0.4, -0.2) is 44.3 Å². The molecule has 3 unspecified atom stereocenters. The number of nitrogens with one attached hydrogen (secondary N) is 2. The monoisotopic (exact) mass is 376 g/mol. The highest BCUT2D eigenvalue weighted by Crippen LogP contribution is 2.61. The molecule has 1 aromatic carbocycles. The zero-order valence-corrected chi connectivity index (χ0v) is 15.2. The van der Waals surface area contributed by atoms with Gasteiger partial charge in [-0.15, -0.1) is 12.4 Å². The summed E-state index contributed by atoms with van der Waals surface area (Å²) in [5, 5.41) is 15.4. The highest BCUT2D eigenvalue weighted by atomic mass is 35.5. The maximum Gasteiger partial charge on any atom is 0.414 e. The first-order valence-corrected chi connectivity index (χ1v) is 8.49. The maximum atomic E-state index is 12.1. The van der Waals surface area contributed by atoms with E-state index >= 15 is 0 Å². The molecule has 1 aliphatic carbocycles. The Morgan fingerprint density at radius 2 is 2.19 bits per heavy atom. The summed E-state index contributed by atoms with van der Waals surface area (Å²) in [6, 6.07) is 10.3. The lowest BCUT2D eigenvalue weighted by atomic mass is 9.93. The Labute approximate surface area is 158 Å². The van der Waals surface area contributed by atoms with Crippen LogP contribution in [0.1, 0.15) is 12.5 Å². The van der Waals surface area contributed by atoms with E-state index in [0.29, 0.717) is 19.0 Å². The fourth-order valence-corrected chi connectivity index (χ4v) is 4.24. The fraction of sp³-hybridized carbons (Fsp3) is 0.500. The van der Waals surface area contributed by atoms with E-state index in [2.05, 4.69) is 16.7 Å². The number of piperidine rings is 1. The van der Waals surface area contributed by atoms with Crippen molar-refractivity contribution in [1.82, 2.24) is 10.6 Å². The molecule has 0 spiro atoms. The van der Waals surface area contributed by atoms with Crippen LogP contribution in [0.5, 0.6) is 0 Å². The van der Waals surface area contributed by atoms with Gasteiger partial charge in [-0.3, -0.25) is 9.69 Å². The summed E-state index contributed by atoms with van der Waals surface area (Å²) in [7, 11) is 0. The highest BCUT2D eigenvalue weighted by Gasteiger charge is 2.68. The van der Waals surface area contributed by atoms with Crippen molar-refractivity contribution in [3.05, 3.63) is 29.8 Å². The van der Waals surface area contributed by atoms with Gasteiger partial charge in [-0.05, 0) is 17.7 Å².